The van der Waals surface area contributed by atoms with Gasteiger partial charge in [-0.3, -0.25) is 4.98 Å². The zero-order chi connectivity index (χ0) is 24.0. The number of nitrogens with zero attached hydrogens (tertiary/aromatic N) is 7. The predicted molar refractivity (Wildman–Crippen MR) is 127 cm³/mol. The molecule has 1 aliphatic rings. The number of pyridine rings is 1. The fourth-order valence-electron chi connectivity index (χ4n) is 3.99. The largest absolute Gasteiger partial charge is 0.385 e. The lowest BCUT2D eigenvalue weighted by Gasteiger charge is -2.17. The number of fused-ring (bicyclic) bond motifs is 1. The summed E-state index contributed by atoms with van der Waals surface area (Å²) in [5.74, 6) is 1.04. The van der Waals surface area contributed by atoms with Crippen LogP contribution in [0.25, 0.3) is 22.4 Å². The van der Waals surface area contributed by atoms with Gasteiger partial charge in [0.05, 0.1) is 40.6 Å². The van der Waals surface area contributed by atoms with Gasteiger partial charge in [-0.15, -0.1) is 0 Å². The van der Waals surface area contributed by atoms with E-state index in [9.17, 15) is 13.5 Å². The molecule has 1 fully saturated rings. The second kappa shape index (κ2) is 8.55. The van der Waals surface area contributed by atoms with Crippen LogP contribution in [0.15, 0.2) is 36.9 Å². The van der Waals surface area contributed by atoms with E-state index in [0.29, 0.717) is 36.5 Å². The Kier molecular flexibility index (Phi) is 5.68. The monoisotopic (exact) mass is 481 g/mol. The summed E-state index contributed by atoms with van der Waals surface area (Å²) in [4.78, 5) is 18.1. The van der Waals surface area contributed by atoms with Crippen LogP contribution in [0.1, 0.15) is 69.4 Å². The molecule has 0 aliphatic heterocycles. The van der Waals surface area contributed by atoms with Gasteiger partial charge in [0, 0.05) is 24.4 Å². The highest BCUT2D eigenvalue weighted by Gasteiger charge is 2.37. The van der Waals surface area contributed by atoms with Crippen molar-refractivity contribution in [3.05, 3.63) is 54.1 Å². The summed E-state index contributed by atoms with van der Waals surface area (Å²) < 4.78 is 28.0. The Balaban J connectivity index is 1.45. The summed E-state index contributed by atoms with van der Waals surface area (Å²) in [6.07, 6.45) is 8.37. The zero-order valence-corrected chi connectivity index (χ0v) is 20.1. The molecule has 0 spiro atoms. The topological polar surface area (TPSA) is 129 Å². The molecule has 0 unspecified atom stereocenters. The first kappa shape index (κ1) is 22.6. The van der Waals surface area contributed by atoms with Crippen LogP contribution >= 0.6 is 0 Å². The maximum Gasteiger partial charge on any atom is 0.256 e. The number of aromatic nitrogens is 7. The van der Waals surface area contributed by atoms with Crippen molar-refractivity contribution < 1.29 is 13.5 Å². The third-order valence-corrected chi connectivity index (χ3v) is 8.20. The van der Waals surface area contributed by atoms with Crippen molar-refractivity contribution in [1.82, 2.24) is 33.7 Å². The van der Waals surface area contributed by atoms with Gasteiger partial charge in [-0.2, -0.15) is 9.19 Å². The van der Waals surface area contributed by atoms with Crippen molar-refractivity contribution in [2.45, 2.75) is 63.9 Å². The quantitative estimate of drug-likeness (QED) is 0.407. The van der Waals surface area contributed by atoms with Gasteiger partial charge in [-0.1, -0.05) is 6.92 Å². The number of hydrogen-bond acceptors (Lipinski definition) is 8. The lowest BCUT2D eigenvalue weighted by atomic mass is 10.2. The molecule has 2 atom stereocenters. The molecular weight excluding hydrogens is 454 g/mol. The lowest BCUT2D eigenvalue weighted by molar-refractivity contribution is 0.182. The molecule has 11 heteroatoms. The third kappa shape index (κ3) is 4.09. The number of rotatable bonds is 8. The maximum absolute atomic E-state index is 12.4. The summed E-state index contributed by atoms with van der Waals surface area (Å²) >= 11 is 0. The standard InChI is InChI=1S/C23H27N7O3S/c1-4-14(2)30-21-10-18(25-12-20(21)28-23(30)15(3)31)9-17-7-8-24-22(27-17)16-11-26-29(13-16)34(32,33)19-5-6-19/h7-8,10-15,19,31H,4-6,9H2,1-3H3/t14-,15-/m1/s1. The molecule has 34 heavy (non-hydrogen) atoms. The second-order valence-corrected chi connectivity index (χ2v) is 10.9. The molecule has 0 saturated heterocycles. The van der Waals surface area contributed by atoms with E-state index in [1.54, 1.807) is 19.3 Å². The van der Waals surface area contributed by atoms with Crippen molar-refractivity contribution >= 4 is 21.1 Å². The summed E-state index contributed by atoms with van der Waals surface area (Å²) in [5, 5.41) is 13.9. The highest BCUT2D eigenvalue weighted by Crippen LogP contribution is 2.30. The van der Waals surface area contributed by atoms with E-state index in [2.05, 4.69) is 43.4 Å². The minimum Gasteiger partial charge on any atom is -0.385 e. The first-order valence-electron chi connectivity index (χ1n) is 11.4. The molecule has 4 aromatic rings. The highest BCUT2D eigenvalue weighted by molar-refractivity contribution is 7.90. The summed E-state index contributed by atoms with van der Waals surface area (Å²) in [5.41, 5.74) is 3.78. The molecule has 4 heterocycles. The van der Waals surface area contributed by atoms with Crippen LogP contribution in [0.4, 0.5) is 0 Å². The third-order valence-electron chi connectivity index (χ3n) is 6.17. The fourth-order valence-corrected chi connectivity index (χ4v) is 5.47. The molecule has 0 radical (unpaired) electrons. The van der Waals surface area contributed by atoms with E-state index in [1.807, 2.05) is 12.1 Å². The van der Waals surface area contributed by atoms with Gasteiger partial charge in [0.25, 0.3) is 10.0 Å². The van der Waals surface area contributed by atoms with Crippen LogP contribution in [0, 0.1) is 0 Å². The van der Waals surface area contributed by atoms with E-state index in [1.165, 1.54) is 12.4 Å². The van der Waals surface area contributed by atoms with E-state index in [-0.39, 0.29) is 11.3 Å². The smallest absolute Gasteiger partial charge is 0.256 e. The fraction of sp³-hybridized carbons (Fsp3) is 0.435. The highest BCUT2D eigenvalue weighted by atomic mass is 32.2. The molecule has 1 aliphatic carbocycles. The van der Waals surface area contributed by atoms with Gasteiger partial charge in [-0.05, 0) is 45.2 Å². The van der Waals surface area contributed by atoms with Gasteiger partial charge in [0.2, 0.25) is 0 Å². The van der Waals surface area contributed by atoms with Gasteiger partial charge < -0.3 is 9.67 Å². The first-order chi connectivity index (χ1) is 16.3. The van der Waals surface area contributed by atoms with E-state index < -0.39 is 16.1 Å². The zero-order valence-electron chi connectivity index (χ0n) is 19.3. The predicted octanol–water partition coefficient (Wildman–Crippen LogP) is 3.04. The Hall–Kier alpha value is -3.18. The molecule has 0 aromatic carbocycles. The molecular formula is C23H27N7O3S. The molecule has 0 amide bonds. The normalized spacial score (nSPS) is 16.1. The van der Waals surface area contributed by atoms with Crippen LogP contribution in [-0.4, -0.2) is 52.5 Å². The number of imidazole rings is 1. The SMILES string of the molecule is CC[C@@H](C)n1c([C@@H](C)O)nc2cnc(Cc3ccnc(-c4cnn(S(=O)(=O)C5CC5)c4)n3)cc21. The van der Waals surface area contributed by atoms with Crippen molar-refractivity contribution in [3.63, 3.8) is 0 Å². The minimum atomic E-state index is -3.44. The van der Waals surface area contributed by atoms with Gasteiger partial charge in [0.1, 0.15) is 17.4 Å². The summed E-state index contributed by atoms with van der Waals surface area (Å²) in [6, 6.07) is 3.98. The van der Waals surface area contributed by atoms with Gasteiger partial charge >= 0.3 is 0 Å². The summed E-state index contributed by atoms with van der Waals surface area (Å²) in [6.45, 7) is 5.92. The average Bonchev–Trinajstić information content (AvgIpc) is 3.44. The van der Waals surface area contributed by atoms with Crippen molar-refractivity contribution in [1.29, 1.82) is 0 Å². The Morgan fingerprint density at radius 1 is 1.15 bits per heavy atom. The van der Waals surface area contributed by atoms with Crippen LogP contribution in [-0.2, 0) is 16.4 Å². The molecule has 1 N–H and O–H groups in total. The van der Waals surface area contributed by atoms with Crippen LogP contribution in [0.5, 0.6) is 0 Å². The molecule has 5 rings (SSSR count). The number of aliphatic hydroxyl groups is 1. The minimum absolute atomic E-state index is 0.180. The maximum atomic E-state index is 12.4. The Morgan fingerprint density at radius 3 is 2.65 bits per heavy atom. The molecule has 178 valence electrons. The van der Waals surface area contributed by atoms with Gasteiger partial charge in [0.15, 0.2) is 5.82 Å². The van der Waals surface area contributed by atoms with Crippen LogP contribution in [0.3, 0.4) is 0 Å². The van der Waals surface area contributed by atoms with E-state index in [4.69, 9.17) is 0 Å². The average molecular weight is 482 g/mol. The Labute approximate surface area is 197 Å². The second-order valence-electron chi connectivity index (χ2n) is 8.83. The number of hydrogen-bond donors (Lipinski definition) is 1. The van der Waals surface area contributed by atoms with Gasteiger partial charge in [-0.25, -0.2) is 23.4 Å². The van der Waals surface area contributed by atoms with Crippen molar-refractivity contribution in [3.8, 4) is 11.4 Å². The van der Waals surface area contributed by atoms with Crippen molar-refractivity contribution in [2.75, 3.05) is 0 Å². The Bertz CT molecular complexity index is 1450. The van der Waals surface area contributed by atoms with Crippen LogP contribution < -0.4 is 0 Å². The van der Waals surface area contributed by atoms with E-state index in [0.717, 1.165) is 32.9 Å². The summed E-state index contributed by atoms with van der Waals surface area (Å²) in [7, 11) is -3.44. The Morgan fingerprint density at radius 2 is 1.94 bits per heavy atom. The molecule has 4 aromatic heterocycles. The van der Waals surface area contributed by atoms with E-state index >= 15 is 0 Å². The van der Waals surface area contributed by atoms with Crippen LogP contribution in [0.2, 0.25) is 0 Å². The molecule has 10 nitrogen and oxygen atoms in total. The van der Waals surface area contributed by atoms with Crippen molar-refractivity contribution in [2.24, 2.45) is 0 Å². The number of aliphatic hydroxyl groups excluding tert-OH is 1. The molecule has 1 saturated carbocycles. The molecule has 0 bridgehead atoms. The first-order valence-corrected chi connectivity index (χ1v) is 12.9. The lowest BCUT2D eigenvalue weighted by Crippen LogP contribution is -2.17.